The van der Waals surface area contributed by atoms with Crippen LogP contribution in [-0.4, -0.2) is 35.0 Å². The first-order valence-corrected chi connectivity index (χ1v) is 8.17. The summed E-state index contributed by atoms with van der Waals surface area (Å²) in [6.45, 7) is 4.13. The number of likely N-dealkylation sites (N-methyl/N-ethyl adjacent to an activating group) is 1. The first-order chi connectivity index (χ1) is 8.19. The highest BCUT2D eigenvalue weighted by Gasteiger charge is 2.40. The van der Waals surface area contributed by atoms with E-state index in [9.17, 15) is 0 Å². The number of thiophene rings is 1. The van der Waals surface area contributed by atoms with E-state index in [1.54, 1.807) is 0 Å². The van der Waals surface area contributed by atoms with Crippen molar-refractivity contribution in [1.29, 1.82) is 0 Å². The molecular formula is C13H22N2S2. The molecule has 0 radical (unpaired) electrons. The molecule has 2 nitrogen and oxygen atoms in total. The third-order valence-electron chi connectivity index (χ3n) is 3.97. The highest BCUT2D eigenvalue weighted by molar-refractivity contribution is 8.00. The minimum atomic E-state index is 0.187. The average Bonchev–Trinajstić information content (AvgIpc) is 2.82. The van der Waals surface area contributed by atoms with Gasteiger partial charge in [-0.1, -0.05) is 13.0 Å². The summed E-state index contributed by atoms with van der Waals surface area (Å²) in [6, 6.07) is 4.34. The van der Waals surface area contributed by atoms with Gasteiger partial charge in [-0.2, -0.15) is 11.8 Å². The number of nitrogens with two attached hydrogens (primary N) is 1. The number of rotatable bonds is 4. The van der Waals surface area contributed by atoms with Gasteiger partial charge in [0, 0.05) is 28.8 Å². The lowest BCUT2D eigenvalue weighted by Gasteiger charge is -2.48. The summed E-state index contributed by atoms with van der Waals surface area (Å²) in [5, 5.41) is 2.78. The zero-order chi connectivity index (χ0) is 12.3. The molecule has 1 fully saturated rings. The Balaban J connectivity index is 2.10. The molecule has 0 bridgehead atoms. The quantitative estimate of drug-likeness (QED) is 0.912. The van der Waals surface area contributed by atoms with Crippen LogP contribution < -0.4 is 5.73 Å². The van der Waals surface area contributed by atoms with Crippen LogP contribution in [0.2, 0.25) is 0 Å². The van der Waals surface area contributed by atoms with Gasteiger partial charge in [0.25, 0.3) is 0 Å². The zero-order valence-corrected chi connectivity index (χ0v) is 12.3. The van der Waals surface area contributed by atoms with Crippen LogP contribution in [0.5, 0.6) is 0 Å². The lowest BCUT2D eigenvalue weighted by molar-refractivity contribution is 0.105. The SMILES string of the molecule is CC1SCCCC1(CN)N(C)Cc1cccs1. The lowest BCUT2D eigenvalue weighted by atomic mass is 9.88. The van der Waals surface area contributed by atoms with Crippen LogP contribution >= 0.6 is 23.1 Å². The molecule has 1 aliphatic rings. The van der Waals surface area contributed by atoms with E-state index in [4.69, 9.17) is 5.73 Å². The molecule has 2 atom stereocenters. The number of hydrogen-bond acceptors (Lipinski definition) is 4. The molecule has 0 amide bonds. The monoisotopic (exact) mass is 270 g/mol. The smallest absolute Gasteiger partial charge is 0.0448 e. The Morgan fingerprint density at radius 1 is 1.59 bits per heavy atom. The molecule has 1 aromatic heterocycles. The maximum Gasteiger partial charge on any atom is 0.0448 e. The standard InChI is InChI=1S/C13H22N2S2/c1-11-13(10-14,6-4-8-16-11)15(2)9-12-5-3-7-17-12/h3,5,7,11H,4,6,8-10,14H2,1-2H3. The first-order valence-electron chi connectivity index (χ1n) is 6.24. The fraction of sp³-hybridized carbons (Fsp3) is 0.692. The summed E-state index contributed by atoms with van der Waals surface area (Å²) < 4.78 is 0. The molecule has 2 unspecified atom stereocenters. The number of nitrogens with zero attached hydrogens (tertiary/aromatic N) is 1. The molecule has 2 N–H and O–H groups in total. The van der Waals surface area contributed by atoms with Gasteiger partial charge in [-0.15, -0.1) is 11.3 Å². The van der Waals surface area contributed by atoms with Gasteiger partial charge in [-0.3, -0.25) is 4.90 Å². The summed E-state index contributed by atoms with van der Waals surface area (Å²) in [5.74, 6) is 1.29. The van der Waals surface area contributed by atoms with Gasteiger partial charge in [0.2, 0.25) is 0 Å². The molecule has 1 aromatic rings. The topological polar surface area (TPSA) is 29.3 Å². The molecule has 1 aliphatic heterocycles. The van der Waals surface area contributed by atoms with Crippen LogP contribution in [0.1, 0.15) is 24.6 Å². The normalized spacial score (nSPS) is 29.8. The molecule has 96 valence electrons. The van der Waals surface area contributed by atoms with Crippen LogP contribution in [0, 0.1) is 0 Å². The second kappa shape index (κ2) is 5.74. The fourth-order valence-electron chi connectivity index (χ4n) is 2.72. The van der Waals surface area contributed by atoms with Crippen molar-refractivity contribution in [2.45, 2.75) is 37.1 Å². The van der Waals surface area contributed by atoms with Crippen molar-refractivity contribution in [3.05, 3.63) is 22.4 Å². The van der Waals surface area contributed by atoms with Crippen molar-refractivity contribution in [3.63, 3.8) is 0 Å². The zero-order valence-electron chi connectivity index (χ0n) is 10.7. The van der Waals surface area contributed by atoms with Gasteiger partial charge in [-0.05, 0) is 37.1 Å². The van der Waals surface area contributed by atoms with Crippen molar-refractivity contribution >= 4 is 23.1 Å². The van der Waals surface area contributed by atoms with Gasteiger partial charge in [-0.25, -0.2) is 0 Å². The molecule has 2 heterocycles. The van der Waals surface area contributed by atoms with E-state index in [0.29, 0.717) is 5.25 Å². The van der Waals surface area contributed by atoms with Crippen molar-refractivity contribution < 1.29 is 0 Å². The molecule has 0 aliphatic carbocycles. The third-order valence-corrected chi connectivity index (χ3v) is 6.29. The Labute approximate surface area is 113 Å². The van der Waals surface area contributed by atoms with E-state index >= 15 is 0 Å². The lowest BCUT2D eigenvalue weighted by Crippen LogP contribution is -2.59. The van der Waals surface area contributed by atoms with E-state index in [1.165, 1.54) is 23.5 Å². The van der Waals surface area contributed by atoms with Gasteiger partial charge < -0.3 is 5.73 Å². The largest absolute Gasteiger partial charge is 0.329 e. The summed E-state index contributed by atoms with van der Waals surface area (Å²) >= 11 is 3.91. The Morgan fingerprint density at radius 2 is 2.41 bits per heavy atom. The molecule has 17 heavy (non-hydrogen) atoms. The van der Waals surface area contributed by atoms with Crippen molar-refractivity contribution in [1.82, 2.24) is 4.90 Å². The van der Waals surface area contributed by atoms with Gasteiger partial charge in [0.1, 0.15) is 0 Å². The Hall–Kier alpha value is -0.0300. The summed E-state index contributed by atoms with van der Waals surface area (Å²) in [4.78, 5) is 3.92. The van der Waals surface area contributed by atoms with Crippen LogP contribution in [-0.2, 0) is 6.54 Å². The molecule has 1 saturated heterocycles. The molecule has 2 rings (SSSR count). The molecule has 0 aromatic carbocycles. The summed E-state index contributed by atoms with van der Waals surface area (Å²) in [7, 11) is 2.23. The second-order valence-corrected chi connectivity index (χ2v) is 7.34. The van der Waals surface area contributed by atoms with E-state index in [1.807, 2.05) is 11.3 Å². The van der Waals surface area contributed by atoms with E-state index < -0.39 is 0 Å². The molecule has 4 heteroatoms. The number of hydrogen-bond donors (Lipinski definition) is 1. The highest BCUT2D eigenvalue weighted by atomic mass is 32.2. The van der Waals surface area contributed by atoms with E-state index in [2.05, 4.69) is 48.1 Å². The maximum absolute atomic E-state index is 6.11. The van der Waals surface area contributed by atoms with Crippen molar-refractivity contribution in [2.24, 2.45) is 5.73 Å². The van der Waals surface area contributed by atoms with E-state index in [0.717, 1.165) is 13.1 Å². The molecule has 0 spiro atoms. The van der Waals surface area contributed by atoms with Crippen LogP contribution in [0.3, 0.4) is 0 Å². The Kier molecular flexibility index (Phi) is 4.53. The maximum atomic E-state index is 6.11. The number of thioether (sulfide) groups is 1. The highest BCUT2D eigenvalue weighted by Crippen LogP contribution is 2.38. The predicted molar refractivity (Wildman–Crippen MR) is 78.7 cm³/mol. The Morgan fingerprint density at radius 3 is 3.00 bits per heavy atom. The van der Waals surface area contributed by atoms with Gasteiger partial charge in [0.15, 0.2) is 0 Å². The van der Waals surface area contributed by atoms with E-state index in [-0.39, 0.29) is 5.54 Å². The van der Waals surface area contributed by atoms with Crippen LogP contribution in [0.4, 0.5) is 0 Å². The second-order valence-electron chi connectivity index (χ2n) is 4.86. The fourth-order valence-corrected chi connectivity index (χ4v) is 4.84. The summed E-state index contributed by atoms with van der Waals surface area (Å²) in [6.07, 6.45) is 2.53. The Bertz CT molecular complexity index is 339. The predicted octanol–water partition coefficient (Wildman–Crippen LogP) is 2.79. The average molecular weight is 270 g/mol. The van der Waals surface area contributed by atoms with Crippen molar-refractivity contribution in [3.8, 4) is 0 Å². The molecular weight excluding hydrogens is 248 g/mol. The minimum absolute atomic E-state index is 0.187. The summed E-state index contributed by atoms with van der Waals surface area (Å²) in [5.41, 5.74) is 6.29. The first kappa shape index (κ1) is 13.4. The van der Waals surface area contributed by atoms with Crippen molar-refractivity contribution in [2.75, 3.05) is 19.3 Å². The molecule has 0 saturated carbocycles. The van der Waals surface area contributed by atoms with Crippen LogP contribution in [0.25, 0.3) is 0 Å². The third kappa shape index (κ3) is 2.70. The van der Waals surface area contributed by atoms with Gasteiger partial charge in [0.05, 0.1) is 0 Å². The van der Waals surface area contributed by atoms with Gasteiger partial charge >= 0.3 is 0 Å². The minimum Gasteiger partial charge on any atom is -0.329 e. The van der Waals surface area contributed by atoms with Crippen LogP contribution in [0.15, 0.2) is 17.5 Å².